The zero-order chi connectivity index (χ0) is 19.1. The van der Waals surface area contributed by atoms with Crippen LogP contribution in [0.5, 0.6) is 0 Å². The predicted octanol–water partition coefficient (Wildman–Crippen LogP) is 5.13. The molecule has 1 atom stereocenters. The van der Waals surface area contributed by atoms with Gasteiger partial charge in [0.2, 0.25) is 0 Å². The van der Waals surface area contributed by atoms with Crippen molar-refractivity contribution in [2.45, 2.75) is 50.0 Å². The molecule has 0 N–H and O–H groups in total. The lowest BCUT2D eigenvalue weighted by atomic mass is 9.59. The first kappa shape index (κ1) is 20.3. The number of likely N-dealkylation sites (N-methyl/N-ethyl adjacent to an activating group) is 1. The van der Waals surface area contributed by atoms with Gasteiger partial charge >= 0.3 is 0 Å². The molecule has 1 aliphatic carbocycles. The molecular formula is C23H31ClN2O. The second-order valence-corrected chi connectivity index (χ2v) is 8.29. The fraction of sp³-hybridized carbons (Fsp3) is 0.522. The van der Waals surface area contributed by atoms with Crippen LogP contribution in [0.4, 0.5) is 0 Å². The standard InChI is InChI=1S/C23H31ClN2O/c1-26(2)22(5-3-17-27-18-12-19-10-15-25-16-11-19)23(13-4-14-23)20-6-8-21(24)9-7-20/h6-11,15-16,22H,3-5,12-14,17-18H2,1-2H3. The quantitative estimate of drug-likeness (QED) is 0.529. The van der Waals surface area contributed by atoms with Crippen LogP contribution in [-0.2, 0) is 16.6 Å². The molecule has 0 spiro atoms. The van der Waals surface area contributed by atoms with E-state index in [0.717, 1.165) is 37.5 Å². The van der Waals surface area contributed by atoms with Gasteiger partial charge in [-0.3, -0.25) is 4.98 Å². The summed E-state index contributed by atoms with van der Waals surface area (Å²) in [4.78, 5) is 6.46. The molecule has 27 heavy (non-hydrogen) atoms. The SMILES string of the molecule is CN(C)C(CCCOCCc1ccncc1)C1(c2ccc(Cl)cc2)CCC1. The molecule has 1 heterocycles. The summed E-state index contributed by atoms with van der Waals surface area (Å²) < 4.78 is 5.90. The van der Waals surface area contributed by atoms with E-state index in [1.165, 1.54) is 30.4 Å². The Morgan fingerprint density at radius 3 is 2.37 bits per heavy atom. The predicted molar refractivity (Wildman–Crippen MR) is 112 cm³/mol. The van der Waals surface area contributed by atoms with E-state index in [9.17, 15) is 0 Å². The molecule has 146 valence electrons. The van der Waals surface area contributed by atoms with Crippen LogP contribution in [0.1, 0.15) is 43.2 Å². The lowest BCUT2D eigenvalue weighted by molar-refractivity contribution is 0.0735. The molecule has 0 amide bonds. The molecule has 0 aliphatic heterocycles. The summed E-state index contributed by atoms with van der Waals surface area (Å²) in [7, 11) is 4.43. The van der Waals surface area contributed by atoms with Crippen molar-refractivity contribution in [2.24, 2.45) is 0 Å². The maximum absolute atomic E-state index is 6.11. The highest BCUT2D eigenvalue weighted by Gasteiger charge is 2.45. The molecule has 3 rings (SSSR count). The summed E-state index contributed by atoms with van der Waals surface area (Å²) in [6, 6.07) is 13.2. The average molecular weight is 387 g/mol. The Morgan fingerprint density at radius 2 is 1.78 bits per heavy atom. The molecule has 4 heteroatoms. The summed E-state index contributed by atoms with van der Waals surface area (Å²) >= 11 is 6.11. The summed E-state index contributed by atoms with van der Waals surface area (Å²) in [5.74, 6) is 0. The normalized spacial score (nSPS) is 16.9. The first-order chi connectivity index (χ1) is 13.1. The van der Waals surface area contributed by atoms with Crippen molar-refractivity contribution in [1.82, 2.24) is 9.88 Å². The molecule has 2 aromatic rings. The molecule has 1 saturated carbocycles. The van der Waals surface area contributed by atoms with Gasteiger partial charge in [0.1, 0.15) is 0 Å². The monoisotopic (exact) mass is 386 g/mol. The molecule has 1 fully saturated rings. The number of benzene rings is 1. The smallest absolute Gasteiger partial charge is 0.0506 e. The number of hydrogen-bond acceptors (Lipinski definition) is 3. The van der Waals surface area contributed by atoms with Gasteiger partial charge in [0.15, 0.2) is 0 Å². The summed E-state index contributed by atoms with van der Waals surface area (Å²) in [5.41, 5.74) is 2.99. The Kier molecular flexibility index (Phi) is 7.28. The maximum Gasteiger partial charge on any atom is 0.0506 e. The van der Waals surface area contributed by atoms with E-state index in [2.05, 4.69) is 48.2 Å². The maximum atomic E-state index is 6.11. The first-order valence-electron chi connectivity index (χ1n) is 10.0. The van der Waals surface area contributed by atoms with E-state index in [-0.39, 0.29) is 5.41 Å². The minimum absolute atomic E-state index is 0.269. The van der Waals surface area contributed by atoms with Gasteiger partial charge in [-0.15, -0.1) is 0 Å². The van der Waals surface area contributed by atoms with Crippen LogP contribution >= 0.6 is 11.6 Å². The lowest BCUT2D eigenvalue weighted by Gasteiger charge is -2.51. The second-order valence-electron chi connectivity index (χ2n) is 7.86. The van der Waals surface area contributed by atoms with Crippen molar-refractivity contribution in [3.05, 3.63) is 64.9 Å². The van der Waals surface area contributed by atoms with E-state index >= 15 is 0 Å². The molecule has 0 radical (unpaired) electrons. The van der Waals surface area contributed by atoms with Crippen molar-refractivity contribution >= 4 is 11.6 Å². The van der Waals surface area contributed by atoms with Gasteiger partial charge in [-0.25, -0.2) is 0 Å². The van der Waals surface area contributed by atoms with E-state index in [0.29, 0.717) is 6.04 Å². The van der Waals surface area contributed by atoms with Gasteiger partial charge in [0, 0.05) is 35.5 Å². The van der Waals surface area contributed by atoms with Crippen molar-refractivity contribution in [3.8, 4) is 0 Å². The Hall–Kier alpha value is -1.42. The summed E-state index contributed by atoms with van der Waals surface area (Å²) in [6.45, 7) is 1.60. The number of ether oxygens (including phenoxy) is 1. The molecule has 0 saturated heterocycles. The minimum atomic E-state index is 0.269. The third kappa shape index (κ3) is 5.10. The number of pyridine rings is 1. The molecule has 1 aromatic heterocycles. The van der Waals surface area contributed by atoms with E-state index in [4.69, 9.17) is 16.3 Å². The van der Waals surface area contributed by atoms with Crippen LogP contribution in [-0.4, -0.2) is 43.2 Å². The van der Waals surface area contributed by atoms with Gasteiger partial charge < -0.3 is 9.64 Å². The number of aromatic nitrogens is 1. The van der Waals surface area contributed by atoms with E-state index in [1.54, 1.807) is 0 Å². The zero-order valence-corrected chi connectivity index (χ0v) is 17.3. The second kappa shape index (κ2) is 9.68. The minimum Gasteiger partial charge on any atom is -0.381 e. The highest BCUT2D eigenvalue weighted by atomic mass is 35.5. The van der Waals surface area contributed by atoms with Crippen LogP contribution in [0, 0.1) is 0 Å². The van der Waals surface area contributed by atoms with E-state index < -0.39 is 0 Å². The fourth-order valence-corrected chi connectivity index (χ4v) is 4.53. The van der Waals surface area contributed by atoms with Crippen LogP contribution < -0.4 is 0 Å². The summed E-state index contributed by atoms with van der Waals surface area (Å²) in [5, 5.41) is 0.817. The molecule has 1 aromatic carbocycles. The Bertz CT molecular complexity index is 683. The van der Waals surface area contributed by atoms with Crippen LogP contribution in [0.15, 0.2) is 48.8 Å². The van der Waals surface area contributed by atoms with E-state index in [1.807, 2.05) is 24.5 Å². The van der Waals surface area contributed by atoms with Gasteiger partial charge in [0.25, 0.3) is 0 Å². The van der Waals surface area contributed by atoms with Gasteiger partial charge in [-0.1, -0.05) is 30.2 Å². The van der Waals surface area contributed by atoms with Gasteiger partial charge in [0.05, 0.1) is 6.61 Å². The third-order valence-corrected chi connectivity index (χ3v) is 6.23. The third-order valence-electron chi connectivity index (χ3n) is 5.98. The Labute approximate surface area is 168 Å². The number of halogens is 1. The van der Waals surface area contributed by atoms with Crippen molar-refractivity contribution in [3.63, 3.8) is 0 Å². The molecule has 1 unspecified atom stereocenters. The number of nitrogens with zero attached hydrogens (tertiary/aromatic N) is 2. The highest BCUT2D eigenvalue weighted by molar-refractivity contribution is 6.30. The van der Waals surface area contributed by atoms with Crippen LogP contribution in [0.25, 0.3) is 0 Å². The van der Waals surface area contributed by atoms with Crippen molar-refractivity contribution < 1.29 is 4.74 Å². The van der Waals surface area contributed by atoms with Gasteiger partial charge in [-0.2, -0.15) is 0 Å². The Morgan fingerprint density at radius 1 is 1.07 bits per heavy atom. The molecule has 0 bridgehead atoms. The van der Waals surface area contributed by atoms with Crippen molar-refractivity contribution in [1.29, 1.82) is 0 Å². The Balaban J connectivity index is 1.50. The molecule has 1 aliphatic rings. The first-order valence-corrected chi connectivity index (χ1v) is 10.4. The van der Waals surface area contributed by atoms with Crippen LogP contribution in [0.2, 0.25) is 5.02 Å². The number of rotatable bonds is 10. The molecular weight excluding hydrogens is 356 g/mol. The zero-order valence-electron chi connectivity index (χ0n) is 16.5. The molecule has 3 nitrogen and oxygen atoms in total. The number of hydrogen-bond donors (Lipinski definition) is 0. The summed E-state index contributed by atoms with van der Waals surface area (Å²) in [6.07, 6.45) is 10.7. The fourth-order valence-electron chi connectivity index (χ4n) is 4.40. The lowest BCUT2D eigenvalue weighted by Crippen LogP contribution is -2.52. The van der Waals surface area contributed by atoms with Gasteiger partial charge in [-0.05, 0) is 81.6 Å². The largest absolute Gasteiger partial charge is 0.381 e. The van der Waals surface area contributed by atoms with Crippen molar-refractivity contribution in [2.75, 3.05) is 27.3 Å². The average Bonchev–Trinajstić information content (AvgIpc) is 2.64. The highest BCUT2D eigenvalue weighted by Crippen LogP contribution is 2.49. The topological polar surface area (TPSA) is 25.4 Å². The van der Waals surface area contributed by atoms with Crippen LogP contribution in [0.3, 0.4) is 0 Å².